The lowest BCUT2D eigenvalue weighted by Crippen LogP contribution is -2.27. The summed E-state index contributed by atoms with van der Waals surface area (Å²) in [5, 5.41) is 2.53. The molecule has 0 radical (unpaired) electrons. The summed E-state index contributed by atoms with van der Waals surface area (Å²) in [5.74, 6) is -0.981. The zero-order valence-corrected chi connectivity index (χ0v) is 10.6. The van der Waals surface area contributed by atoms with Crippen LogP contribution in [0.5, 0.6) is 5.88 Å². The molecule has 19 heavy (non-hydrogen) atoms. The number of nitrogens with one attached hydrogen (secondary N) is 1. The Morgan fingerprint density at radius 3 is 2.74 bits per heavy atom. The second kappa shape index (κ2) is 6.40. The molecule has 0 spiro atoms. The van der Waals surface area contributed by atoms with E-state index in [9.17, 15) is 18.0 Å². The van der Waals surface area contributed by atoms with Gasteiger partial charge in [0, 0.05) is 12.7 Å². The number of carbonyl (C=O) groups excluding carboxylic acids is 1. The first-order valence-corrected chi connectivity index (χ1v) is 5.78. The van der Waals surface area contributed by atoms with Crippen LogP contribution in [0.25, 0.3) is 0 Å². The van der Waals surface area contributed by atoms with E-state index in [0.29, 0.717) is 12.5 Å². The van der Waals surface area contributed by atoms with Crippen LogP contribution in [0.15, 0.2) is 18.3 Å². The van der Waals surface area contributed by atoms with E-state index >= 15 is 0 Å². The first-order chi connectivity index (χ1) is 8.79. The molecule has 0 unspecified atom stereocenters. The number of rotatable bonds is 5. The van der Waals surface area contributed by atoms with E-state index in [-0.39, 0.29) is 5.56 Å². The fourth-order valence-electron chi connectivity index (χ4n) is 1.32. The van der Waals surface area contributed by atoms with E-state index in [1.54, 1.807) is 0 Å². The van der Waals surface area contributed by atoms with Gasteiger partial charge in [0.15, 0.2) is 0 Å². The molecule has 1 rings (SSSR count). The Balaban J connectivity index is 2.74. The second-order valence-corrected chi connectivity index (χ2v) is 4.34. The maximum Gasteiger partial charge on any atom is 0.574 e. The third-order valence-corrected chi connectivity index (χ3v) is 2.24. The van der Waals surface area contributed by atoms with Crippen LogP contribution in [-0.4, -0.2) is 23.8 Å². The Labute approximate surface area is 109 Å². The van der Waals surface area contributed by atoms with Gasteiger partial charge in [0.2, 0.25) is 5.88 Å². The number of hydrogen-bond acceptors (Lipinski definition) is 3. The molecular formula is C12H15F3N2O2. The van der Waals surface area contributed by atoms with Gasteiger partial charge in [0.25, 0.3) is 5.91 Å². The highest BCUT2D eigenvalue weighted by Gasteiger charge is 2.33. The standard InChI is InChI=1S/C12H15F3N2O2/c1-8(2)5-7-16-10(18)9-4-3-6-17-11(9)19-12(13,14)15/h3-4,6,8H,5,7H2,1-2H3,(H,16,18). The Bertz CT molecular complexity index is 433. The molecule has 1 N–H and O–H groups in total. The summed E-state index contributed by atoms with van der Waals surface area (Å²) in [4.78, 5) is 15.2. The molecule has 1 heterocycles. The van der Waals surface area contributed by atoms with Crippen molar-refractivity contribution in [2.75, 3.05) is 6.54 Å². The summed E-state index contributed by atoms with van der Waals surface area (Å²) in [6.45, 7) is 4.35. The lowest BCUT2D eigenvalue weighted by molar-refractivity contribution is -0.276. The number of halogens is 3. The molecule has 0 fully saturated rings. The quantitative estimate of drug-likeness (QED) is 0.899. The van der Waals surface area contributed by atoms with E-state index < -0.39 is 18.1 Å². The molecule has 7 heteroatoms. The van der Waals surface area contributed by atoms with Gasteiger partial charge in [-0.1, -0.05) is 13.8 Å². The zero-order valence-electron chi connectivity index (χ0n) is 10.6. The molecule has 0 aliphatic rings. The van der Waals surface area contributed by atoms with Crippen LogP contribution in [-0.2, 0) is 0 Å². The number of amides is 1. The first kappa shape index (κ1) is 15.3. The van der Waals surface area contributed by atoms with Crippen molar-refractivity contribution in [2.24, 2.45) is 5.92 Å². The number of ether oxygens (including phenoxy) is 1. The van der Waals surface area contributed by atoms with Crippen molar-refractivity contribution in [3.8, 4) is 5.88 Å². The fourth-order valence-corrected chi connectivity index (χ4v) is 1.32. The first-order valence-electron chi connectivity index (χ1n) is 5.78. The van der Waals surface area contributed by atoms with Crippen molar-refractivity contribution in [2.45, 2.75) is 26.6 Å². The van der Waals surface area contributed by atoms with E-state index in [1.165, 1.54) is 12.1 Å². The largest absolute Gasteiger partial charge is 0.574 e. The lowest BCUT2D eigenvalue weighted by Gasteiger charge is -2.12. The van der Waals surface area contributed by atoms with Crippen molar-refractivity contribution < 1.29 is 22.7 Å². The molecule has 106 valence electrons. The van der Waals surface area contributed by atoms with Crippen molar-refractivity contribution in [1.29, 1.82) is 0 Å². The maximum atomic E-state index is 12.1. The highest BCUT2D eigenvalue weighted by molar-refractivity contribution is 5.96. The Morgan fingerprint density at radius 2 is 2.16 bits per heavy atom. The van der Waals surface area contributed by atoms with Crippen LogP contribution in [0.2, 0.25) is 0 Å². The monoisotopic (exact) mass is 276 g/mol. The summed E-state index contributed by atoms with van der Waals surface area (Å²) in [7, 11) is 0. The Hall–Kier alpha value is -1.79. The minimum Gasteiger partial charge on any atom is -0.387 e. The van der Waals surface area contributed by atoms with Gasteiger partial charge in [-0.15, -0.1) is 13.2 Å². The normalized spacial score (nSPS) is 11.5. The van der Waals surface area contributed by atoms with Crippen molar-refractivity contribution >= 4 is 5.91 Å². The van der Waals surface area contributed by atoms with Gasteiger partial charge in [0.1, 0.15) is 5.56 Å². The van der Waals surface area contributed by atoms with Crippen LogP contribution in [0, 0.1) is 5.92 Å². The number of carbonyl (C=O) groups is 1. The minimum atomic E-state index is -4.87. The van der Waals surface area contributed by atoms with Gasteiger partial charge >= 0.3 is 6.36 Å². The third-order valence-electron chi connectivity index (χ3n) is 2.24. The molecule has 4 nitrogen and oxygen atoms in total. The number of alkyl halides is 3. The molecule has 0 aromatic carbocycles. The maximum absolute atomic E-state index is 12.1. The summed E-state index contributed by atoms with van der Waals surface area (Å²) in [5.41, 5.74) is -0.233. The van der Waals surface area contributed by atoms with Gasteiger partial charge in [-0.3, -0.25) is 4.79 Å². The Kier molecular flexibility index (Phi) is 5.14. The Morgan fingerprint density at radius 1 is 1.47 bits per heavy atom. The molecule has 0 aliphatic carbocycles. The molecule has 1 aromatic heterocycles. The number of hydrogen-bond donors (Lipinski definition) is 1. The van der Waals surface area contributed by atoms with E-state index in [1.807, 2.05) is 13.8 Å². The summed E-state index contributed by atoms with van der Waals surface area (Å²) in [6.07, 6.45) is -3.01. The molecule has 0 saturated carbocycles. The summed E-state index contributed by atoms with van der Waals surface area (Å²) < 4.78 is 40.2. The topological polar surface area (TPSA) is 51.2 Å². The van der Waals surface area contributed by atoms with E-state index in [4.69, 9.17) is 0 Å². The second-order valence-electron chi connectivity index (χ2n) is 4.34. The fraction of sp³-hybridized carbons (Fsp3) is 0.500. The van der Waals surface area contributed by atoms with Gasteiger partial charge < -0.3 is 10.1 Å². The SMILES string of the molecule is CC(C)CCNC(=O)c1cccnc1OC(F)(F)F. The number of pyridine rings is 1. The summed E-state index contributed by atoms with van der Waals surface area (Å²) in [6, 6.07) is 2.61. The van der Waals surface area contributed by atoms with Crippen molar-refractivity contribution in [1.82, 2.24) is 10.3 Å². The molecule has 0 atom stereocenters. The molecule has 0 bridgehead atoms. The highest BCUT2D eigenvalue weighted by Crippen LogP contribution is 2.23. The van der Waals surface area contributed by atoms with Crippen LogP contribution in [0.4, 0.5) is 13.2 Å². The van der Waals surface area contributed by atoms with Crippen LogP contribution in [0.1, 0.15) is 30.6 Å². The highest BCUT2D eigenvalue weighted by atomic mass is 19.4. The van der Waals surface area contributed by atoms with Gasteiger partial charge in [-0.2, -0.15) is 0 Å². The van der Waals surface area contributed by atoms with Crippen molar-refractivity contribution in [3.05, 3.63) is 23.9 Å². The molecular weight excluding hydrogens is 261 g/mol. The van der Waals surface area contributed by atoms with E-state index in [2.05, 4.69) is 15.0 Å². The molecule has 0 aliphatic heterocycles. The van der Waals surface area contributed by atoms with Gasteiger partial charge in [-0.25, -0.2) is 4.98 Å². The predicted molar refractivity (Wildman–Crippen MR) is 62.7 cm³/mol. The third kappa shape index (κ3) is 5.58. The van der Waals surface area contributed by atoms with Gasteiger partial charge in [-0.05, 0) is 24.5 Å². The average molecular weight is 276 g/mol. The molecule has 1 aromatic rings. The van der Waals surface area contributed by atoms with E-state index in [0.717, 1.165) is 12.6 Å². The van der Waals surface area contributed by atoms with Crippen LogP contribution in [0.3, 0.4) is 0 Å². The minimum absolute atomic E-state index is 0.233. The zero-order chi connectivity index (χ0) is 14.5. The molecule has 1 amide bonds. The van der Waals surface area contributed by atoms with Gasteiger partial charge in [0.05, 0.1) is 0 Å². The smallest absolute Gasteiger partial charge is 0.387 e. The number of aromatic nitrogens is 1. The van der Waals surface area contributed by atoms with Crippen molar-refractivity contribution in [3.63, 3.8) is 0 Å². The molecule has 0 saturated heterocycles. The lowest BCUT2D eigenvalue weighted by atomic mass is 10.1. The predicted octanol–water partition coefficient (Wildman–Crippen LogP) is 2.76. The average Bonchev–Trinajstić information content (AvgIpc) is 2.26. The summed E-state index contributed by atoms with van der Waals surface area (Å²) >= 11 is 0. The van der Waals surface area contributed by atoms with Crippen LogP contribution < -0.4 is 10.1 Å². The number of nitrogens with zero attached hydrogens (tertiary/aromatic N) is 1. The van der Waals surface area contributed by atoms with Crippen LogP contribution >= 0.6 is 0 Å².